The summed E-state index contributed by atoms with van der Waals surface area (Å²) >= 11 is 0. The van der Waals surface area contributed by atoms with Crippen molar-refractivity contribution in [1.82, 2.24) is 9.97 Å². The van der Waals surface area contributed by atoms with Gasteiger partial charge in [0.1, 0.15) is 5.75 Å². The van der Waals surface area contributed by atoms with Crippen LogP contribution in [0.25, 0.3) is 11.3 Å². The summed E-state index contributed by atoms with van der Waals surface area (Å²) in [6.07, 6.45) is 8.07. The SMILES string of the molecule is O=C(O)CCCCCOc1ccc2cc1COC/C=C/COCc1cccc(c1)-c1ccnc(n1)N2. The Kier molecular flexibility index (Phi) is 9.41. The summed E-state index contributed by atoms with van der Waals surface area (Å²) in [5.41, 5.74) is 4.63. The molecule has 1 aliphatic rings. The first-order chi connectivity index (χ1) is 17.7. The van der Waals surface area contributed by atoms with Crippen LogP contribution in [0.4, 0.5) is 11.6 Å². The Morgan fingerprint density at radius 3 is 2.72 bits per heavy atom. The number of carboxylic acids is 1. The zero-order chi connectivity index (χ0) is 25.0. The van der Waals surface area contributed by atoms with Gasteiger partial charge in [-0.1, -0.05) is 30.4 Å². The number of carbonyl (C=O) groups is 1. The molecule has 188 valence electrons. The van der Waals surface area contributed by atoms with Crippen LogP contribution in [-0.2, 0) is 27.5 Å². The predicted octanol–water partition coefficient (Wildman–Crippen LogP) is 5.51. The minimum Gasteiger partial charge on any atom is -0.493 e. The largest absolute Gasteiger partial charge is 0.493 e. The van der Waals surface area contributed by atoms with E-state index in [0.29, 0.717) is 45.4 Å². The zero-order valence-electron chi connectivity index (χ0n) is 20.2. The average Bonchev–Trinajstić information content (AvgIpc) is 2.88. The highest BCUT2D eigenvalue weighted by atomic mass is 16.5. The smallest absolute Gasteiger partial charge is 0.303 e. The highest BCUT2D eigenvalue weighted by Crippen LogP contribution is 2.27. The molecule has 6 bridgehead atoms. The summed E-state index contributed by atoms with van der Waals surface area (Å²) in [7, 11) is 0. The molecular weight excluding hydrogens is 458 g/mol. The minimum absolute atomic E-state index is 0.187. The molecule has 8 heteroatoms. The molecule has 0 amide bonds. The number of nitrogens with one attached hydrogen (secondary N) is 1. The van der Waals surface area contributed by atoms with Crippen molar-refractivity contribution in [3.8, 4) is 17.0 Å². The molecule has 0 unspecified atom stereocenters. The van der Waals surface area contributed by atoms with Gasteiger partial charge < -0.3 is 24.6 Å². The number of unbranched alkanes of at least 4 members (excludes halogenated alkanes) is 2. The Balaban J connectivity index is 1.51. The maximum absolute atomic E-state index is 10.7. The molecule has 2 heterocycles. The molecule has 8 nitrogen and oxygen atoms in total. The number of benzene rings is 2. The first kappa shape index (κ1) is 25.3. The standard InChI is InChI=1S/C28H31N3O5/c32-27(33)9-2-1-3-16-36-26-11-10-24-18-23(26)20-35-15-5-4-14-34-19-21-7-6-8-22(17-21)25-12-13-29-28(30-24)31-25/h4-8,10-13,17-18H,1-3,9,14-16,19-20H2,(H,32,33)(H,29,30,31)/b5-4+. The van der Waals surface area contributed by atoms with E-state index in [9.17, 15) is 4.79 Å². The number of anilines is 2. The van der Waals surface area contributed by atoms with E-state index >= 15 is 0 Å². The van der Waals surface area contributed by atoms with E-state index in [1.165, 1.54) is 0 Å². The lowest BCUT2D eigenvalue weighted by Gasteiger charge is -2.14. The second-order valence-electron chi connectivity index (χ2n) is 8.47. The maximum atomic E-state index is 10.7. The van der Waals surface area contributed by atoms with Crippen LogP contribution in [0.1, 0.15) is 36.8 Å². The Hall–Kier alpha value is -3.75. The molecule has 1 aliphatic heterocycles. The number of rotatable bonds is 7. The Morgan fingerprint density at radius 1 is 1.00 bits per heavy atom. The third-order valence-electron chi connectivity index (χ3n) is 5.61. The number of hydrogen-bond acceptors (Lipinski definition) is 7. The van der Waals surface area contributed by atoms with Gasteiger partial charge in [-0.3, -0.25) is 4.79 Å². The number of carboxylic acid groups (broad SMARTS) is 1. The Morgan fingerprint density at radius 2 is 1.86 bits per heavy atom. The van der Waals surface area contributed by atoms with Crippen LogP contribution in [-0.4, -0.2) is 40.9 Å². The van der Waals surface area contributed by atoms with Gasteiger partial charge in [0.15, 0.2) is 0 Å². The van der Waals surface area contributed by atoms with Crippen molar-refractivity contribution in [2.75, 3.05) is 25.1 Å². The van der Waals surface area contributed by atoms with Gasteiger partial charge >= 0.3 is 5.97 Å². The summed E-state index contributed by atoms with van der Waals surface area (Å²) in [5, 5.41) is 12.1. The van der Waals surface area contributed by atoms with Gasteiger partial charge in [0, 0.05) is 29.4 Å². The molecule has 0 aliphatic carbocycles. The lowest BCUT2D eigenvalue weighted by molar-refractivity contribution is -0.137. The van der Waals surface area contributed by atoms with Gasteiger partial charge in [0.25, 0.3) is 0 Å². The molecular formula is C28H31N3O5. The molecule has 2 aromatic carbocycles. The number of nitrogens with zero attached hydrogens (tertiary/aromatic N) is 2. The molecule has 0 atom stereocenters. The fourth-order valence-electron chi connectivity index (χ4n) is 3.80. The average molecular weight is 490 g/mol. The van der Waals surface area contributed by atoms with Crippen LogP contribution in [0.15, 0.2) is 66.9 Å². The number of aromatic nitrogens is 2. The van der Waals surface area contributed by atoms with Gasteiger partial charge in [-0.25, -0.2) is 9.97 Å². The van der Waals surface area contributed by atoms with Crippen LogP contribution in [0.3, 0.4) is 0 Å². The molecule has 0 radical (unpaired) electrons. The van der Waals surface area contributed by atoms with E-state index in [-0.39, 0.29) is 6.42 Å². The molecule has 3 aromatic rings. The summed E-state index contributed by atoms with van der Waals surface area (Å²) in [4.78, 5) is 19.7. The van der Waals surface area contributed by atoms with E-state index in [4.69, 9.17) is 24.3 Å². The predicted molar refractivity (Wildman–Crippen MR) is 137 cm³/mol. The lowest BCUT2D eigenvalue weighted by atomic mass is 10.1. The normalized spacial score (nSPS) is 14.7. The molecule has 4 rings (SSSR count). The summed E-state index contributed by atoms with van der Waals surface area (Å²) < 4.78 is 17.6. The molecule has 0 saturated heterocycles. The monoisotopic (exact) mass is 489 g/mol. The lowest BCUT2D eigenvalue weighted by Crippen LogP contribution is -2.04. The quantitative estimate of drug-likeness (QED) is 0.331. The second-order valence-corrected chi connectivity index (χ2v) is 8.47. The van der Waals surface area contributed by atoms with Gasteiger partial charge in [-0.05, 0) is 55.2 Å². The van der Waals surface area contributed by atoms with E-state index in [1.54, 1.807) is 6.20 Å². The number of aliphatic carboxylic acids is 1. The van der Waals surface area contributed by atoms with Crippen molar-refractivity contribution in [3.63, 3.8) is 0 Å². The Labute approximate surface area is 211 Å². The molecule has 2 N–H and O–H groups in total. The van der Waals surface area contributed by atoms with Crippen LogP contribution in [0, 0.1) is 0 Å². The summed E-state index contributed by atoms with van der Waals surface area (Å²) in [6.45, 7) is 2.36. The zero-order valence-corrected chi connectivity index (χ0v) is 20.2. The second kappa shape index (κ2) is 13.4. The minimum atomic E-state index is -0.765. The first-order valence-corrected chi connectivity index (χ1v) is 12.1. The molecule has 0 spiro atoms. The van der Waals surface area contributed by atoms with Crippen molar-refractivity contribution < 1.29 is 24.1 Å². The van der Waals surface area contributed by atoms with Crippen molar-refractivity contribution >= 4 is 17.6 Å². The number of hydrogen-bond donors (Lipinski definition) is 2. The fraction of sp³-hybridized carbons (Fsp3) is 0.321. The number of ether oxygens (including phenoxy) is 3. The van der Waals surface area contributed by atoms with Crippen molar-refractivity contribution in [3.05, 3.63) is 78.0 Å². The van der Waals surface area contributed by atoms with Crippen LogP contribution >= 0.6 is 0 Å². The molecule has 0 fully saturated rings. The molecule has 36 heavy (non-hydrogen) atoms. The third-order valence-corrected chi connectivity index (χ3v) is 5.61. The molecule has 0 saturated carbocycles. The van der Waals surface area contributed by atoms with Crippen LogP contribution < -0.4 is 10.1 Å². The topological polar surface area (TPSA) is 103 Å². The number of fused-ring (bicyclic) bond motifs is 7. The summed E-state index contributed by atoms with van der Waals surface area (Å²) in [6, 6.07) is 15.8. The van der Waals surface area contributed by atoms with E-state index in [0.717, 1.165) is 46.7 Å². The fourth-order valence-corrected chi connectivity index (χ4v) is 3.80. The Bertz CT molecular complexity index is 1180. The van der Waals surface area contributed by atoms with Gasteiger partial charge in [0.05, 0.1) is 38.7 Å². The maximum Gasteiger partial charge on any atom is 0.303 e. The van der Waals surface area contributed by atoms with E-state index < -0.39 is 5.97 Å². The van der Waals surface area contributed by atoms with Gasteiger partial charge in [-0.2, -0.15) is 0 Å². The van der Waals surface area contributed by atoms with Crippen molar-refractivity contribution in [2.45, 2.75) is 38.9 Å². The third kappa shape index (κ3) is 7.90. The van der Waals surface area contributed by atoms with Gasteiger partial charge in [-0.15, -0.1) is 0 Å². The van der Waals surface area contributed by atoms with E-state index in [2.05, 4.69) is 16.4 Å². The highest BCUT2D eigenvalue weighted by Gasteiger charge is 2.09. The van der Waals surface area contributed by atoms with Crippen molar-refractivity contribution in [2.24, 2.45) is 0 Å². The highest BCUT2D eigenvalue weighted by molar-refractivity contribution is 5.66. The summed E-state index contributed by atoms with van der Waals surface area (Å²) in [5.74, 6) is 0.475. The molecule has 1 aromatic heterocycles. The van der Waals surface area contributed by atoms with Crippen LogP contribution in [0.2, 0.25) is 0 Å². The van der Waals surface area contributed by atoms with Crippen molar-refractivity contribution in [1.29, 1.82) is 0 Å². The van der Waals surface area contributed by atoms with Crippen LogP contribution in [0.5, 0.6) is 5.75 Å². The first-order valence-electron chi connectivity index (χ1n) is 12.1. The van der Waals surface area contributed by atoms with E-state index in [1.807, 2.05) is 54.6 Å². The van der Waals surface area contributed by atoms with Gasteiger partial charge in [0.2, 0.25) is 5.95 Å².